The lowest BCUT2D eigenvalue weighted by Crippen LogP contribution is -2.35. The normalized spacial score (nSPS) is 19.3. The molecule has 0 aromatic heterocycles. The van der Waals surface area contributed by atoms with Crippen LogP contribution in [0.4, 0.5) is 0 Å². The fraction of sp³-hybridized carbons (Fsp3) is 0.889. The van der Waals surface area contributed by atoms with E-state index in [0.717, 1.165) is 18.9 Å². The third-order valence-corrected chi connectivity index (χ3v) is 2.12. The Labute approximate surface area is 68.9 Å². The largest absolute Gasteiger partial charge is 0.451 e. The summed E-state index contributed by atoms with van der Waals surface area (Å²) in [5.41, 5.74) is 0.224. The molecule has 0 fully saturated rings. The molecule has 0 aromatic carbocycles. The summed E-state index contributed by atoms with van der Waals surface area (Å²) in [4.78, 5) is 0. The number of ether oxygens (including phenoxy) is 1. The highest BCUT2D eigenvalue weighted by Gasteiger charge is 2.33. The van der Waals surface area contributed by atoms with Crippen molar-refractivity contribution in [3.63, 3.8) is 0 Å². The van der Waals surface area contributed by atoms with Crippen LogP contribution in [0.25, 0.3) is 0 Å². The van der Waals surface area contributed by atoms with Crippen LogP contribution < -0.4 is 0 Å². The van der Waals surface area contributed by atoms with Crippen LogP contribution in [0.3, 0.4) is 0 Å². The monoisotopic (exact) mass is 156 g/mol. The summed E-state index contributed by atoms with van der Waals surface area (Å²) in [5.74, 6) is 1.15. The third kappa shape index (κ3) is 1.73. The van der Waals surface area contributed by atoms with E-state index in [1.165, 1.54) is 6.42 Å². The van der Waals surface area contributed by atoms with E-state index in [1.807, 2.05) is 0 Å². The van der Waals surface area contributed by atoms with Gasteiger partial charge in [-0.2, -0.15) is 4.58 Å². The molecule has 2 nitrogen and oxygen atoms in total. The molecule has 1 aliphatic heterocycles. The standard InChI is InChI=1S/C9H18NO/c1-9(2,3)10-7-5-6-8(10)11-4/h5-7H2,1-4H3/q+1. The topological polar surface area (TPSA) is 12.2 Å². The smallest absolute Gasteiger partial charge is 0.336 e. The van der Waals surface area contributed by atoms with E-state index < -0.39 is 0 Å². The van der Waals surface area contributed by atoms with Gasteiger partial charge in [-0.15, -0.1) is 0 Å². The van der Waals surface area contributed by atoms with Gasteiger partial charge in [0.25, 0.3) is 0 Å². The van der Waals surface area contributed by atoms with Gasteiger partial charge in [0.2, 0.25) is 0 Å². The summed E-state index contributed by atoms with van der Waals surface area (Å²) >= 11 is 0. The van der Waals surface area contributed by atoms with Crippen LogP contribution >= 0.6 is 0 Å². The second kappa shape index (κ2) is 2.84. The van der Waals surface area contributed by atoms with Gasteiger partial charge in [0.15, 0.2) is 5.54 Å². The first-order valence-corrected chi connectivity index (χ1v) is 4.23. The van der Waals surface area contributed by atoms with Gasteiger partial charge in [0.1, 0.15) is 6.54 Å². The fourth-order valence-corrected chi connectivity index (χ4v) is 1.57. The Morgan fingerprint density at radius 2 is 2.00 bits per heavy atom. The highest BCUT2D eigenvalue weighted by molar-refractivity contribution is 5.71. The Hall–Kier alpha value is -0.530. The predicted molar refractivity (Wildman–Crippen MR) is 46.1 cm³/mol. The molecule has 0 aromatic rings. The van der Waals surface area contributed by atoms with Crippen LogP contribution in [0.1, 0.15) is 33.6 Å². The van der Waals surface area contributed by atoms with Gasteiger partial charge in [0.05, 0.1) is 13.5 Å². The molecular formula is C9H18NO+. The van der Waals surface area contributed by atoms with Crippen molar-refractivity contribution >= 4 is 5.90 Å². The van der Waals surface area contributed by atoms with Gasteiger partial charge < -0.3 is 4.74 Å². The molecule has 0 spiro atoms. The maximum Gasteiger partial charge on any atom is 0.336 e. The lowest BCUT2D eigenvalue weighted by molar-refractivity contribution is -0.596. The van der Waals surface area contributed by atoms with Crippen molar-refractivity contribution in [3.05, 3.63) is 0 Å². The Balaban J connectivity index is 2.83. The maximum absolute atomic E-state index is 5.29. The molecular weight excluding hydrogens is 138 g/mol. The summed E-state index contributed by atoms with van der Waals surface area (Å²) in [5, 5.41) is 0. The molecule has 0 aliphatic carbocycles. The average Bonchev–Trinajstić information content (AvgIpc) is 2.31. The molecule has 0 bridgehead atoms. The molecule has 11 heavy (non-hydrogen) atoms. The highest BCUT2D eigenvalue weighted by Crippen LogP contribution is 2.15. The Kier molecular flexibility index (Phi) is 2.21. The minimum absolute atomic E-state index is 0.224. The molecule has 0 N–H and O–H groups in total. The van der Waals surface area contributed by atoms with Gasteiger partial charge >= 0.3 is 5.90 Å². The van der Waals surface area contributed by atoms with Crippen molar-refractivity contribution in [2.75, 3.05) is 13.7 Å². The van der Waals surface area contributed by atoms with Crippen molar-refractivity contribution in [3.8, 4) is 0 Å². The van der Waals surface area contributed by atoms with Gasteiger partial charge in [0, 0.05) is 6.42 Å². The van der Waals surface area contributed by atoms with E-state index >= 15 is 0 Å². The summed E-state index contributed by atoms with van der Waals surface area (Å²) in [6.07, 6.45) is 2.34. The zero-order chi connectivity index (χ0) is 8.48. The molecule has 1 heterocycles. The number of rotatable bonds is 0. The van der Waals surface area contributed by atoms with Crippen molar-refractivity contribution in [2.24, 2.45) is 0 Å². The molecule has 0 radical (unpaired) electrons. The molecule has 0 atom stereocenters. The summed E-state index contributed by atoms with van der Waals surface area (Å²) in [6.45, 7) is 7.80. The predicted octanol–water partition coefficient (Wildman–Crippen LogP) is 1.64. The average molecular weight is 156 g/mol. The second-order valence-corrected chi connectivity index (χ2v) is 4.02. The molecule has 1 rings (SSSR count). The van der Waals surface area contributed by atoms with Gasteiger partial charge in [-0.05, 0) is 20.8 Å². The van der Waals surface area contributed by atoms with Crippen molar-refractivity contribution in [1.29, 1.82) is 0 Å². The summed E-state index contributed by atoms with van der Waals surface area (Å²) in [7, 11) is 1.76. The lowest BCUT2D eigenvalue weighted by Gasteiger charge is -2.15. The number of nitrogens with zero attached hydrogens (tertiary/aromatic N) is 1. The molecule has 1 aliphatic rings. The van der Waals surface area contributed by atoms with Crippen molar-refractivity contribution < 1.29 is 9.31 Å². The van der Waals surface area contributed by atoms with Gasteiger partial charge in [-0.25, -0.2) is 0 Å². The summed E-state index contributed by atoms with van der Waals surface area (Å²) in [6, 6.07) is 0. The van der Waals surface area contributed by atoms with Crippen LogP contribution in [-0.4, -0.2) is 29.7 Å². The van der Waals surface area contributed by atoms with E-state index in [1.54, 1.807) is 7.11 Å². The molecule has 64 valence electrons. The highest BCUT2D eigenvalue weighted by atomic mass is 16.5. The van der Waals surface area contributed by atoms with E-state index in [9.17, 15) is 0 Å². The minimum atomic E-state index is 0.224. The van der Waals surface area contributed by atoms with E-state index in [0.29, 0.717) is 0 Å². The van der Waals surface area contributed by atoms with Crippen LogP contribution in [0, 0.1) is 0 Å². The molecule has 2 heteroatoms. The summed E-state index contributed by atoms with van der Waals surface area (Å²) < 4.78 is 7.63. The number of hydrogen-bond acceptors (Lipinski definition) is 1. The van der Waals surface area contributed by atoms with Crippen LogP contribution in [0.2, 0.25) is 0 Å². The van der Waals surface area contributed by atoms with E-state index in [-0.39, 0.29) is 5.54 Å². The SMILES string of the molecule is COC1=[N+](C(C)(C)C)CCC1. The quantitative estimate of drug-likeness (QED) is 0.486. The first-order valence-electron chi connectivity index (χ1n) is 4.23. The van der Waals surface area contributed by atoms with Crippen molar-refractivity contribution in [2.45, 2.75) is 39.2 Å². The Morgan fingerprint density at radius 3 is 2.36 bits per heavy atom. The van der Waals surface area contributed by atoms with E-state index in [2.05, 4.69) is 25.3 Å². The number of methoxy groups -OCH3 is 1. The Bertz CT molecular complexity index is 176. The first-order chi connectivity index (χ1) is 5.05. The maximum atomic E-state index is 5.29. The van der Waals surface area contributed by atoms with Crippen LogP contribution in [-0.2, 0) is 4.74 Å². The van der Waals surface area contributed by atoms with Gasteiger partial charge in [-0.1, -0.05) is 0 Å². The first kappa shape index (κ1) is 8.57. The molecule has 0 unspecified atom stereocenters. The van der Waals surface area contributed by atoms with E-state index in [4.69, 9.17) is 4.74 Å². The lowest BCUT2D eigenvalue weighted by atomic mass is 10.1. The zero-order valence-electron chi connectivity index (χ0n) is 7.98. The molecule has 0 saturated carbocycles. The van der Waals surface area contributed by atoms with Crippen LogP contribution in [0.15, 0.2) is 0 Å². The fourth-order valence-electron chi connectivity index (χ4n) is 1.57. The number of hydrogen-bond donors (Lipinski definition) is 0. The van der Waals surface area contributed by atoms with Crippen molar-refractivity contribution in [1.82, 2.24) is 0 Å². The molecule has 0 amide bonds. The van der Waals surface area contributed by atoms with Crippen LogP contribution in [0.5, 0.6) is 0 Å². The third-order valence-electron chi connectivity index (χ3n) is 2.12. The Morgan fingerprint density at radius 1 is 1.36 bits per heavy atom. The molecule has 0 saturated heterocycles. The second-order valence-electron chi connectivity index (χ2n) is 4.02. The zero-order valence-corrected chi connectivity index (χ0v) is 7.98. The van der Waals surface area contributed by atoms with Gasteiger partial charge in [-0.3, -0.25) is 0 Å². The minimum Gasteiger partial charge on any atom is -0.451 e.